The highest BCUT2D eigenvalue weighted by atomic mass is 32.2. The van der Waals surface area contributed by atoms with Crippen LogP contribution in [0.25, 0.3) is 0 Å². The van der Waals surface area contributed by atoms with Gasteiger partial charge >= 0.3 is 0 Å². The van der Waals surface area contributed by atoms with Gasteiger partial charge in [-0.2, -0.15) is 9.35 Å². The number of rotatable bonds is 6. The van der Waals surface area contributed by atoms with Crippen LogP contribution in [0, 0.1) is 0 Å². The fourth-order valence-corrected chi connectivity index (χ4v) is 2.10. The Morgan fingerprint density at radius 1 is 1.53 bits per heavy atom. The van der Waals surface area contributed by atoms with Crippen molar-refractivity contribution in [2.45, 2.75) is 18.9 Å². The zero-order valence-electron chi connectivity index (χ0n) is 10.2. The van der Waals surface area contributed by atoms with Crippen molar-refractivity contribution < 1.29 is 23.1 Å². The molecule has 0 saturated carbocycles. The van der Waals surface area contributed by atoms with Gasteiger partial charge in [0.2, 0.25) is 0 Å². The Kier molecular flexibility index (Phi) is 6.60. The first-order valence-electron chi connectivity index (χ1n) is 5.20. The first-order chi connectivity index (χ1) is 8.17. The van der Waals surface area contributed by atoms with Gasteiger partial charge < -0.3 is 4.84 Å². The monoisotopic (exact) mass is 266 g/mol. The van der Waals surface area contributed by atoms with Crippen LogP contribution in [0.15, 0.2) is 5.16 Å². The Bertz CT molecular complexity index is 287. The van der Waals surface area contributed by atoms with E-state index in [2.05, 4.69) is 10.0 Å². The third-order valence-corrected chi connectivity index (χ3v) is 2.70. The molecule has 7 nitrogen and oxygen atoms in total. The summed E-state index contributed by atoms with van der Waals surface area (Å²) in [7, 11) is 2.95. The smallest absolute Gasteiger partial charge is 0.170 e. The second-order valence-electron chi connectivity index (χ2n) is 3.52. The van der Waals surface area contributed by atoms with E-state index in [9.17, 15) is 4.21 Å². The summed E-state index contributed by atoms with van der Waals surface area (Å²) in [5.41, 5.74) is 0.930. The summed E-state index contributed by atoms with van der Waals surface area (Å²) in [5.74, 6) is 0. The second kappa shape index (κ2) is 7.72. The molecule has 1 fully saturated rings. The van der Waals surface area contributed by atoms with Gasteiger partial charge in [0.05, 0.1) is 18.9 Å². The quantitative estimate of drug-likeness (QED) is 0.507. The first kappa shape index (κ1) is 14.5. The number of nitrogens with zero attached hydrogens (tertiary/aromatic N) is 2. The van der Waals surface area contributed by atoms with Gasteiger partial charge in [-0.3, -0.25) is 0 Å². The molecule has 0 aromatic heterocycles. The zero-order valence-corrected chi connectivity index (χ0v) is 11.1. The number of hydrogen-bond acceptors (Lipinski definition) is 7. The van der Waals surface area contributed by atoms with Crippen LogP contribution in [-0.4, -0.2) is 54.7 Å². The Hall–Kier alpha value is -0.540. The SMILES string of the molecule is CO/N=C1/CCN(OS(C)=O)C(COOC)C1. The molecular weight excluding hydrogens is 248 g/mol. The average molecular weight is 266 g/mol. The van der Waals surface area contributed by atoms with Crippen molar-refractivity contribution in [3.8, 4) is 0 Å². The molecule has 0 radical (unpaired) electrons. The predicted octanol–water partition coefficient (Wildman–Crippen LogP) is 0.256. The summed E-state index contributed by atoms with van der Waals surface area (Å²) in [6, 6.07) is -0.0819. The molecule has 1 rings (SSSR count). The highest BCUT2D eigenvalue weighted by molar-refractivity contribution is 7.79. The van der Waals surface area contributed by atoms with Crippen molar-refractivity contribution in [2.75, 3.05) is 33.6 Å². The van der Waals surface area contributed by atoms with Crippen molar-refractivity contribution in [2.24, 2.45) is 5.16 Å². The Labute approximate surface area is 103 Å². The van der Waals surface area contributed by atoms with Gasteiger partial charge in [0.1, 0.15) is 13.7 Å². The molecule has 8 heteroatoms. The third-order valence-electron chi connectivity index (χ3n) is 2.30. The normalized spacial score (nSPS) is 26.1. The molecule has 100 valence electrons. The number of hydrogen-bond donors (Lipinski definition) is 0. The highest BCUT2D eigenvalue weighted by Gasteiger charge is 2.28. The van der Waals surface area contributed by atoms with Crippen LogP contribution in [0.4, 0.5) is 0 Å². The van der Waals surface area contributed by atoms with E-state index >= 15 is 0 Å². The number of piperidine rings is 1. The van der Waals surface area contributed by atoms with Gasteiger partial charge in [0.25, 0.3) is 0 Å². The van der Waals surface area contributed by atoms with Crippen LogP contribution in [0.1, 0.15) is 12.8 Å². The van der Waals surface area contributed by atoms with Gasteiger partial charge in [-0.1, -0.05) is 5.16 Å². The lowest BCUT2D eigenvalue weighted by molar-refractivity contribution is -0.289. The van der Waals surface area contributed by atoms with E-state index in [0.29, 0.717) is 26.0 Å². The minimum atomic E-state index is -1.35. The third kappa shape index (κ3) is 5.09. The molecule has 1 saturated heterocycles. The van der Waals surface area contributed by atoms with E-state index < -0.39 is 11.1 Å². The topological polar surface area (TPSA) is 69.6 Å². The maximum Gasteiger partial charge on any atom is 0.170 e. The van der Waals surface area contributed by atoms with Crippen molar-refractivity contribution in [3.63, 3.8) is 0 Å². The van der Waals surface area contributed by atoms with Gasteiger partial charge in [0, 0.05) is 25.6 Å². The summed E-state index contributed by atoms with van der Waals surface area (Å²) in [5, 5.41) is 5.56. The number of hydroxylamine groups is 2. The molecule has 0 N–H and O–H groups in total. The lowest BCUT2D eigenvalue weighted by Crippen LogP contribution is -2.45. The molecule has 0 aromatic rings. The van der Waals surface area contributed by atoms with Gasteiger partial charge in [-0.25, -0.2) is 14.0 Å². The maximum atomic E-state index is 11.1. The maximum absolute atomic E-state index is 11.1. The van der Waals surface area contributed by atoms with Crippen molar-refractivity contribution in [1.82, 2.24) is 5.06 Å². The van der Waals surface area contributed by atoms with Crippen LogP contribution in [0.2, 0.25) is 0 Å². The highest BCUT2D eigenvalue weighted by Crippen LogP contribution is 2.17. The van der Waals surface area contributed by atoms with E-state index in [4.69, 9.17) is 14.0 Å². The Morgan fingerprint density at radius 3 is 2.88 bits per heavy atom. The summed E-state index contributed by atoms with van der Waals surface area (Å²) in [6.07, 6.45) is 2.83. The molecule has 0 aromatic carbocycles. The van der Waals surface area contributed by atoms with E-state index in [-0.39, 0.29) is 6.04 Å². The molecule has 0 spiro atoms. The summed E-state index contributed by atoms with van der Waals surface area (Å²) in [6.45, 7) is 0.913. The van der Waals surface area contributed by atoms with Crippen LogP contribution < -0.4 is 0 Å². The van der Waals surface area contributed by atoms with E-state index in [1.807, 2.05) is 0 Å². The molecule has 2 atom stereocenters. The molecular formula is C9H18N2O5S. The zero-order chi connectivity index (χ0) is 12.7. The Morgan fingerprint density at radius 2 is 2.29 bits per heavy atom. The fourth-order valence-electron chi connectivity index (χ4n) is 1.63. The van der Waals surface area contributed by atoms with E-state index in [1.165, 1.54) is 20.5 Å². The largest absolute Gasteiger partial charge is 0.399 e. The molecule has 1 aliphatic rings. The standard InChI is InChI=1S/C9H18N2O5S/c1-13-10-8-4-5-11(16-17(3)12)9(6-8)7-15-14-2/h9H,4-7H2,1-3H3/b10-8-. The fraction of sp³-hybridized carbons (Fsp3) is 0.889. The lowest BCUT2D eigenvalue weighted by atomic mass is 10.0. The Balaban J connectivity index is 2.58. The van der Waals surface area contributed by atoms with Crippen LogP contribution in [0.5, 0.6) is 0 Å². The molecule has 1 aliphatic heterocycles. The molecule has 0 aliphatic carbocycles. The summed E-state index contributed by atoms with van der Waals surface area (Å²) >= 11 is -1.35. The molecule has 0 bridgehead atoms. The molecule has 1 heterocycles. The summed E-state index contributed by atoms with van der Waals surface area (Å²) in [4.78, 5) is 14.2. The van der Waals surface area contributed by atoms with Crippen molar-refractivity contribution >= 4 is 16.8 Å². The molecule has 17 heavy (non-hydrogen) atoms. The minimum Gasteiger partial charge on any atom is -0.399 e. The van der Waals surface area contributed by atoms with E-state index in [0.717, 1.165) is 5.71 Å². The average Bonchev–Trinajstić information content (AvgIpc) is 2.29. The summed E-state index contributed by atoms with van der Waals surface area (Å²) < 4.78 is 16.3. The number of oxime groups is 1. The first-order valence-corrected chi connectivity index (χ1v) is 6.68. The van der Waals surface area contributed by atoms with Gasteiger partial charge in [-0.05, 0) is 0 Å². The molecule has 2 unspecified atom stereocenters. The van der Waals surface area contributed by atoms with Gasteiger partial charge in [0.15, 0.2) is 11.1 Å². The van der Waals surface area contributed by atoms with Crippen LogP contribution >= 0.6 is 0 Å². The van der Waals surface area contributed by atoms with Gasteiger partial charge in [-0.15, -0.1) is 0 Å². The van der Waals surface area contributed by atoms with E-state index in [1.54, 1.807) is 5.06 Å². The lowest BCUT2D eigenvalue weighted by Gasteiger charge is -2.32. The van der Waals surface area contributed by atoms with Crippen LogP contribution in [0.3, 0.4) is 0 Å². The van der Waals surface area contributed by atoms with Crippen molar-refractivity contribution in [1.29, 1.82) is 0 Å². The predicted molar refractivity (Wildman–Crippen MR) is 62.3 cm³/mol. The molecule has 0 amide bonds. The minimum absolute atomic E-state index is 0.0819. The van der Waals surface area contributed by atoms with Crippen molar-refractivity contribution in [3.05, 3.63) is 0 Å². The van der Waals surface area contributed by atoms with Crippen LogP contribution in [-0.2, 0) is 30.0 Å². The second-order valence-corrected chi connectivity index (χ2v) is 4.47.